The maximum Gasteiger partial charge on any atom is 0.0897 e. The van der Waals surface area contributed by atoms with Crippen molar-refractivity contribution in [2.45, 2.75) is 57.9 Å². The Balaban J connectivity index is 1.94. The highest BCUT2D eigenvalue weighted by atomic mass is 32.1. The third-order valence-electron chi connectivity index (χ3n) is 3.88. The molecule has 0 aromatic carbocycles. The van der Waals surface area contributed by atoms with E-state index in [-0.39, 0.29) is 5.54 Å². The Morgan fingerprint density at radius 1 is 1.50 bits per heavy atom. The van der Waals surface area contributed by atoms with Crippen LogP contribution in [0.15, 0.2) is 5.38 Å². The third kappa shape index (κ3) is 2.83. The van der Waals surface area contributed by atoms with Gasteiger partial charge < -0.3 is 5.73 Å². The Morgan fingerprint density at radius 2 is 2.19 bits per heavy atom. The number of thiazole rings is 1. The zero-order chi connectivity index (χ0) is 11.6. The van der Waals surface area contributed by atoms with Gasteiger partial charge in [0.1, 0.15) is 0 Å². The molecule has 0 aliphatic heterocycles. The second kappa shape index (κ2) is 4.84. The lowest BCUT2D eigenvalue weighted by atomic mass is 9.74. The van der Waals surface area contributed by atoms with Crippen LogP contribution in [0.25, 0.3) is 0 Å². The highest BCUT2D eigenvalue weighted by Gasteiger charge is 2.31. The van der Waals surface area contributed by atoms with Gasteiger partial charge in [0.05, 0.1) is 10.7 Å². The molecule has 1 heterocycles. The Morgan fingerprint density at radius 3 is 2.69 bits per heavy atom. The predicted octanol–water partition coefficient (Wildman–Crippen LogP) is 3.29. The zero-order valence-electron chi connectivity index (χ0n) is 10.3. The molecule has 0 atom stereocenters. The monoisotopic (exact) mass is 238 g/mol. The highest BCUT2D eigenvalue weighted by molar-refractivity contribution is 7.09. The van der Waals surface area contributed by atoms with E-state index < -0.39 is 0 Å². The second-order valence-corrected chi connectivity index (χ2v) is 6.31. The fraction of sp³-hybridized carbons (Fsp3) is 0.769. The molecule has 0 amide bonds. The first kappa shape index (κ1) is 12.1. The summed E-state index contributed by atoms with van der Waals surface area (Å²) in [5.41, 5.74) is 7.70. The summed E-state index contributed by atoms with van der Waals surface area (Å²) in [4.78, 5) is 4.53. The van der Waals surface area contributed by atoms with Crippen LogP contribution < -0.4 is 5.73 Å². The van der Waals surface area contributed by atoms with Gasteiger partial charge in [-0.15, -0.1) is 11.3 Å². The van der Waals surface area contributed by atoms with Gasteiger partial charge in [-0.3, -0.25) is 0 Å². The van der Waals surface area contributed by atoms with E-state index in [1.54, 1.807) is 11.3 Å². The second-order valence-electron chi connectivity index (χ2n) is 5.25. The quantitative estimate of drug-likeness (QED) is 0.877. The van der Waals surface area contributed by atoms with Gasteiger partial charge in [-0.2, -0.15) is 0 Å². The standard InChI is InChI=1S/C13H22N2S/c1-3-11-4-6-13(14,7-5-11)8-12-9-16-10(2)15-12/h9,11H,3-8,14H2,1-2H3. The number of nitrogens with two attached hydrogens (primary N) is 1. The lowest BCUT2D eigenvalue weighted by Crippen LogP contribution is -2.45. The Bertz CT molecular complexity index is 337. The molecule has 1 aromatic rings. The summed E-state index contributed by atoms with van der Waals surface area (Å²) in [6.07, 6.45) is 7.22. The molecule has 1 aliphatic carbocycles. The summed E-state index contributed by atoms with van der Waals surface area (Å²) in [7, 11) is 0. The average molecular weight is 238 g/mol. The Labute approximate surface area is 102 Å². The van der Waals surface area contributed by atoms with Gasteiger partial charge in [-0.25, -0.2) is 4.98 Å². The molecule has 2 rings (SSSR count). The number of aromatic nitrogens is 1. The summed E-state index contributed by atoms with van der Waals surface area (Å²) < 4.78 is 0. The fourth-order valence-electron chi connectivity index (χ4n) is 2.69. The largest absolute Gasteiger partial charge is 0.325 e. The summed E-state index contributed by atoms with van der Waals surface area (Å²) in [5, 5.41) is 3.32. The first-order chi connectivity index (χ1) is 7.61. The Hall–Kier alpha value is -0.410. The molecule has 90 valence electrons. The van der Waals surface area contributed by atoms with E-state index in [9.17, 15) is 0 Å². The number of nitrogens with zero attached hydrogens (tertiary/aromatic N) is 1. The van der Waals surface area contributed by atoms with Gasteiger partial charge in [-0.1, -0.05) is 13.3 Å². The summed E-state index contributed by atoms with van der Waals surface area (Å²) in [5.74, 6) is 0.911. The molecule has 0 spiro atoms. The first-order valence-corrected chi connectivity index (χ1v) is 7.19. The minimum Gasteiger partial charge on any atom is -0.325 e. The van der Waals surface area contributed by atoms with Crippen molar-refractivity contribution >= 4 is 11.3 Å². The van der Waals surface area contributed by atoms with Crippen molar-refractivity contribution in [3.8, 4) is 0 Å². The van der Waals surface area contributed by atoms with Crippen molar-refractivity contribution in [3.63, 3.8) is 0 Å². The van der Waals surface area contributed by atoms with E-state index in [4.69, 9.17) is 5.73 Å². The zero-order valence-corrected chi connectivity index (χ0v) is 11.1. The van der Waals surface area contributed by atoms with Crippen LogP contribution in [0.2, 0.25) is 0 Å². The summed E-state index contributed by atoms with van der Waals surface area (Å²) >= 11 is 1.73. The SMILES string of the molecule is CCC1CCC(N)(Cc2csc(C)n2)CC1. The van der Waals surface area contributed by atoms with E-state index >= 15 is 0 Å². The number of aryl methyl sites for hydroxylation is 1. The van der Waals surface area contributed by atoms with Crippen LogP contribution in [-0.4, -0.2) is 10.5 Å². The topological polar surface area (TPSA) is 38.9 Å². The van der Waals surface area contributed by atoms with Crippen LogP contribution in [0.3, 0.4) is 0 Å². The van der Waals surface area contributed by atoms with E-state index in [0.717, 1.165) is 17.3 Å². The fourth-order valence-corrected chi connectivity index (χ4v) is 3.30. The molecular weight excluding hydrogens is 216 g/mol. The average Bonchev–Trinajstić information content (AvgIpc) is 2.64. The minimum absolute atomic E-state index is 0.0200. The van der Waals surface area contributed by atoms with Crippen LogP contribution in [0.4, 0.5) is 0 Å². The van der Waals surface area contributed by atoms with E-state index in [1.807, 2.05) is 0 Å². The van der Waals surface area contributed by atoms with Crippen LogP contribution in [-0.2, 0) is 6.42 Å². The van der Waals surface area contributed by atoms with Crippen molar-refractivity contribution in [3.05, 3.63) is 16.1 Å². The summed E-state index contributed by atoms with van der Waals surface area (Å²) in [6.45, 7) is 4.35. The molecule has 1 aromatic heterocycles. The Kier molecular flexibility index (Phi) is 3.65. The van der Waals surface area contributed by atoms with Crippen molar-refractivity contribution < 1.29 is 0 Å². The van der Waals surface area contributed by atoms with Crippen molar-refractivity contribution in [2.75, 3.05) is 0 Å². The van der Waals surface area contributed by atoms with E-state index in [0.29, 0.717) is 0 Å². The van der Waals surface area contributed by atoms with Crippen molar-refractivity contribution in [1.29, 1.82) is 0 Å². The van der Waals surface area contributed by atoms with Crippen molar-refractivity contribution in [1.82, 2.24) is 4.98 Å². The van der Waals surface area contributed by atoms with Gasteiger partial charge in [0.2, 0.25) is 0 Å². The van der Waals surface area contributed by atoms with Crippen LogP contribution in [0, 0.1) is 12.8 Å². The molecule has 1 aliphatic rings. The molecule has 0 saturated heterocycles. The molecule has 0 radical (unpaired) electrons. The molecule has 3 heteroatoms. The number of hydrogen-bond acceptors (Lipinski definition) is 3. The van der Waals surface area contributed by atoms with Gasteiger partial charge in [0.15, 0.2) is 0 Å². The van der Waals surface area contributed by atoms with E-state index in [1.165, 1.54) is 37.8 Å². The van der Waals surface area contributed by atoms with Crippen LogP contribution in [0.5, 0.6) is 0 Å². The molecular formula is C13H22N2S. The maximum absolute atomic E-state index is 6.48. The molecule has 0 unspecified atom stereocenters. The van der Waals surface area contributed by atoms with Gasteiger partial charge >= 0.3 is 0 Å². The molecule has 2 nitrogen and oxygen atoms in total. The van der Waals surface area contributed by atoms with Gasteiger partial charge in [0, 0.05) is 17.3 Å². The number of rotatable bonds is 3. The van der Waals surface area contributed by atoms with E-state index in [2.05, 4.69) is 24.2 Å². The maximum atomic E-state index is 6.48. The number of hydrogen-bond donors (Lipinski definition) is 1. The summed E-state index contributed by atoms with van der Waals surface area (Å²) in [6, 6.07) is 0. The molecule has 2 N–H and O–H groups in total. The van der Waals surface area contributed by atoms with Crippen LogP contribution >= 0.6 is 11.3 Å². The normalized spacial score (nSPS) is 30.6. The molecule has 1 fully saturated rings. The molecule has 16 heavy (non-hydrogen) atoms. The smallest absolute Gasteiger partial charge is 0.0897 e. The van der Waals surface area contributed by atoms with Crippen molar-refractivity contribution in [2.24, 2.45) is 11.7 Å². The first-order valence-electron chi connectivity index (χ1n) is 6.31. The molecule has 0 bridgehead atoms. The van der Waals surface area contributed by atoms with Crippen LogP contribution in [0.1, 0.15) is 49.7 Å². The van der Waals surface area contributed by atoms with Gasteiger partial charge in [0.25, 0.3) is 0 Å². The lowest BCUT2D eigenvalue weighted by molar-refractivity contribution is 0.227. The van der Waals surface area contributed by atoms with Gasteiger partial charge in [-0.05, 0) is 38.5 Å². The lowest BCUT2D eigenvalue weighted by Gasteiger charge is -2.36. The predicted molar refractivity (Wildman–Crippen MR) is 69.7 cm³/mol. The highest BCUT2D eigenvalue weighted by Crippen LogP contribution is 2.34. The molecule has 1 saturated carbocycles. The third-order valence-corrected chi connectivity index (χ3v) is 4.70. The minimum atomic E-state index is 0.0200.